The molecule has 0 unspecified atom stereocenters. The van der Waals surface area contributed by atoms with Gasteiger partial charge in [-0.05, 0) is 19.2 Å². The molecule has 1 saturated heterocycles. The van der Waals surface area contributed by atoms with Gasteiger partial charge in [0.15, 0.2) is 0 Å². The number of aromatic nitrogens is 3. The normalized spacial score (nSPS) is 15.2. The fourth-order valence-electron chi connectivity index (χ4n) is 2.42. The molecule has 0 aliphatic carbocycles. The first-order chi connectivity index (χ1) is 12.1. The number of nitrogens with one attached hydrogen (secondary N) is 1. The molecular formula is C16H21N7S2. The van der Waals surface area contributed by atoms with Crippen molar-refractivity contribution in [1.82, 2.24) is 24.8 Å². The van der Waals surface area contributed by atoms with Gasteiger partial charge in [0.05, 0.1) is 5.75 Å². The molecule has 9 heteroatoms. The van der Waals surface area contributed by atoms with E-state index < -0.39 is 0 Å². The van der Waals surface area contributed by atoms with Crippen LogP contribution in [0.4, 0.5) is 17.6 Å². The molecule has 2 heterocycles. The largest absolute Gasteiger partial charge is 0.368 e. The summed E-state index contributed by atoms with van der Waals surface area (Å²) in [4.78, 5) is 17.3. The Bertz CT molecular complexity index is 718. The average Bonchev–Trinajstić information content (AvgIpc) is 2.61. The molecule has 1 aromatic heterocycles. The van der Waals surface area contributed by atoms with Crippen molar-refractivity contribution in [2.75, 3.05) is 44.3 Å². The van der Waals surface area contributed by atoms with E-state index in [2.05, 4.69) is 37.1 Å². The lowest BCUT2D eigenvalue weighted by molar-refractivity contribution is 0.220. The van der Waals surface area contributed by atoms with Gasteiger partial charge in [-0.25, -0.2) is 0 Å². The van der Waals surface area contributed by atoms with Crippen LogP contribution in [-0.4, -0.2) is 62.3 Å². The number of thioether (sulfide) groups is 1. The van der Waals surface area contributed by atoms with Crippen LogP contribution in [0.25, 0.3) is 0 Å². The zero-order valence-electron chi connectivity index (χ0n) is 14.1. The standard InChI is InChI=1S/C16H21N7S2/c1-22-7-9-23(10-8-22)16(24)25-11-13-19-14(17)21-15(20-13)18-12-5-3-2-4-6-12/h2-6H,7-11H2,1H3,(H3,17,18,19,20,21). The fraction of sp³-hybridized carbons (Fsp3) is 0.375. The topological polar surface area (TPSA) is 83.2 Å². The van der Waals surface area contributed by atoms with Crippen LogP contribution in [0.3, 0.4) is 0 Å². The van der Waals surface area contributed by atoms with Gasteiger partial charge in [0.25, 0.3) is 0 Å². The molecule has 3 rings (SSSR count). The van der Waals surface area contributed by atoms with Crippen molar-refractivity contribution in [2.45, 2.75) is 5.75 Å². The minimum Gasteiger partial charge on any atom is -0.368 e. The number of nitrogens with two attached hydrogens (primary N) is 1. The Morgan fingerprint density at radius 3 is 2.60 bits per heavy atom. The summed E-state index contributed by atoms with van der Waals surface area (Å²) >= 11 is 7.10. The number of hydrogen-bond donors (Lipinski definition) is 2. The molecular weight excluding hydrogens is 354 g/mol. The highest BCUT2D eigenvalue weighted by Gasteiger charge is 2.17. The van der Waals surface area contributed by atoms with E-state index in [1.807, 2.05) is 30.3 Å². The number of hydrogen-bond acceptors (Lipinski definition) is 8. The number of rotatable bonds is 4. The van der Waals surface area contributed by atoms with Crippen molar-refractivity contribution in [3.8, 4) is 0 Å². The van der Waals surface area contributed by atoms with Gasteiger partial charge in [-0.2, -0.15) is 15.0 Å². The molecule has 1 aromatic carbocycles. The van der Waals surface area contributed by atoms with E-state index in [4.69, 9.17) is 18.0 Å². The second-order valence-electron chi connectivity index (χ2n) is 5.77. The number of para-hydroxylation sites is 1. The zero-order chi connectivity index (χ0) is 17.6. The van der Waals surface area contributed by atoms with Gasteiger partial charge in [-0.1, -0.05) is 42.2 Å². The second-order valence-corrected chi connectivity index (χ2v) is 7.38. The van der Waals surface area contributed by atoms with Crippen LogP contribution >= 0.6 is 24.0 Å². The van der Waals surface area contributed by atoms with E-state index in [0.29, 0.717) is 17.5 Å². The minimum absolute atomic E-state index is 0.203. The first-order valence-corrected chi connectivity index (χ1v) is 9.42. The third kappa shape index (κ3) is 5.25. The number of likely N-dealkylation sites (N-methyl/N-ethyl adjacent to an activating group) is 1. The SMILES string of the molecule is CN1CCN(C(=S)SCc2nc(N)nc(Nc3ccccc3)n2)CC1. The van der Waals surface area contributed by atoms with E-state index >= 15 is 0 Å². The van der Waals surface area contributed by atoms with Gasteiger partial charge in [0, 0.05) is 31.9 Å². The fourth-order valence-corrected chi connectivity index (χ4v) is 3.52. The maximum absolute atomic E-state index is 5.82. The van der Waals surface area contributed by atoms with Gasteiger partial charge in [0.2, 0.25) is 11.9 Å². The summed E-state index contributed by atoms with van der Waals surface area (Å²) in [5.41, 5.74) is 6.72. The predicted octanol–water partition coefficient (Wildman–Crippen LogP) is 1.96. The molecule has 7 nitrogen and oxygen atoms in total. The lowest BCUT2D eigenvalue weighted by atomic mass is 10.3. The van der Waals surface area contributed by atoms with Crippen LogP contribution in [0, 0.1) is 0 Å². The molecule has 1 aliphatic heterocycles. The first kappa shape index (κ1) is 17.8. The van der Waals surface area contributed by atoms with E-state index in [1.54, 1.807) is 11.8 Å². The minimum atomic E-state index is 0.203. The Labute approximate surface area is 157 Å². The number of anilines is 3. The number of thiocarbonyl (C=S) groups is 1. The smallest absolute Gasteiger partial charge is 0.232 e. The lowest BCUT2D eigenvalue weighted by Gasteiger charge is -2.33. The number of benzene rings is 1. The van der Waals surface area contributed by atoms with E-state index in [1.165, 1.54) is 0 Å². The monoisotopic (exact) mass is 375 g/mol. The third-order valence-corrected chi connectivity index (χ3v) is 5.33. The summed E-state index contributed by atoms with van der Waals surface area (Å²) in [5.74, 6) is 1.84. The Balaban J connectivity index is 1.59. The lowest BCUT2D eigenvalue weighted by Crippen LogP contribution is -2.45. The van der Waals surface area contributed by atoms with Gasteiger partial charge in [-0.3, -0.25) is 0 Å². The van der Waals surface area contributed by atoms with Crippen molar-refractivity contribution < 1.29 is 0 Å². The molecule has 1 aliphatic rings. The van der Waals surface area contributed by atoms with Crippen LogP contribution in [0.2, 0.25) is 0 Å². The molecule has 0 saturated carbocycles. The summed E-state index contributed by atoms with van der Waals surface area (Å²) in [5, 5.41) is 3.14. The molecule has 0 amide bonds. The third-order valence-electron chi connectivity index (χ3n) is 3.82. The van der Waals surface area contributed by atoms with Gasteiger partial charge < -0.3 is 20.9 Å². The van der Waals surface area contributed by atoms with Gasteiger partial charge >= 0.3 is 0 Å². The van der Waals surface area contributed by atoms with Crippen LogP contribution < -0.4 is 11.1 Å². The molecule has 1 fully saturated rings. The average molecular weight is 376 g/mol. The first-order valence-electron chi connectivity index (χ1n) is 8.03. The highest BCUT2D eigenvalue weighted by molar-refractivity contribution is 8.22. The summed E-state index contributed by atoms with van der Waals surface area (Å²) in [6.45, 7) is 3.99. The molecule has 0 bridgehead atoms. The van der Waals surface area contributed by atoms with Crippen molar-refractivity contribution in [3.05, 3.63) is 36.2 Å². The van der Waals surface area contributed by atoms with E-state index in [9.17, 15) is 0 Å². The van der Waals surface area contributed by atoms with Crippen LogP contribution in [-0.2, 0) is 5.75 Å². The molecule has 0 radical (unpaired) electrons. The van der Waals surface area contributed by atoms with Crippen molar-refractivity contribution >= 4 is 45.9 Å². The predicted molar refractivity (Wildman–Crippen MR) is 107 cm³/mol. The Morgan fingerprint density at radius 2 is 1.88 bits per heavy atom. The molecule has 2 aromatic rings. The molecule has 0 atom stereocenters. The highest BCUT2D eigenvalue weighted by atomic mass is 32.2. The van der Waals surface area contributed by atoms with Crippen molar-refractivity contribution in [2.24, 2.45) is 0 Å². The Kier molecular flexibility index (Phi) is 6.00. The van der Waals surface area contributed by atoms with Gasteiger partial charge in [0.1, 0.15) is 10.1 Å². The van der Waals surface area contributed by atoms with Crippen LogP contribution in [0.15, 0.2) is 30.3 Å². The van der Waals surface area contributed by atoms with E-state index in [0.717, 1.165) is 36.2 Å². The number of piperazine rings is 1. The molecule has 132 valence electrons. The Hall–Kier alpha value is -1.97. The van der Waals surface area contributed by atoms with Crippen molar-refractivity contribution in [1.29, 1.82) is 0 Å². The van der Waals surface area contributed by atoms with E-state index in [-0.39, 0.29) is 5.95 Å². The molecule has 3 N–H and O–H groups in total. The summed E-state index contributed by atoms with van der Waals surface area (Å²) in [7, 11) is 2.13. The quantitative estimate of drug-likeness (QED) is 0.779. The molecule has 0 spiro atoms. The maximum atomic E-state index is 5.82. The van der Waals surface area contributed by atoms with Crippen LogP contribution in [0.1, 0.15) is 5.82 Å². The number of nitrogens with zero attached hydrogens (tertiary/aromatic N) is 5. The number of nitrogen functional groups attached to an aromatic ring is 1. The second kappa shape index (κ2) is 8.41. The summed E-state index contributed by atoms with van der Waals surface area (Å²) in [6, 6.07) is 9.72. The van der Waals surface area contributed by atoms with Crippen molar-refractivity contribution in [3.63, 3.8) is 0 Å². The summed E-state index contributed by atoms with van der Waals surface area (Å²) in [6.07, 6.45) is 0. The Morgan fingerprint density at radius 1 is 1.16 bits per heavy atom. The highest BCUT2D eigenvalue weighted by Crippen LogP contribution is 2.18. The van der Waals surface area contributed by atoms with Gasteiger partial charge in [-0.15, -0.1) is 0 Å². The summed E-state index contributed by atoms with van der Waals surface area (Å²) < 4.78 is 0.879. The maximum Gasteiger partial charge on any atom is 0.232 e. The van der Waals surface area contributed by atoms with Crippen LogP contribution in [0.5, 0.6) is 0 Å². The zero-order valence-corrected chi connectivity index (χ0v) is 15.7. The molecule has 25 heavy (non-hydrogen) atoms.